The highest BCUT2D eigenvalue weighted by molar-refractivity contribution is 5.91. The Kier molecular flexibility index (Phi) is 3.22. The van der Waals surface area contributed by atoms with E-state index in [-0.39, 0.29) is 11.7 Å². The number of amides is 1. The van der Waals surface area contributed by atoms with E-state index in [0.29, 0.717) is 31.0 Å². The van der Waals surface area contributed by atoms with E-state index in [9.17, 15) is 9.18 Å². The van der Waals surface area contributed by atoms with Crippen molar-refractivity contribution in [3.05, 3.63) is 65.5 Å². The predicted molar refractivity (Wildman–Crippen MR) is 79.0 cm³/mol. The second-order valence-electron chi connectivity index (χ2n) is 5.40. The summed E-state index contributed by atoms with van der Waals surface area (Å²) in [5.41, 5.74) is 2.45. The molecule has 116 valence electrons. The predicted octanol–water partition coefficient (Wildman–Crippen LogP) is 3.27. The van der Waals surface area contributed by atoms with Gasteiger partial charge in [-0.2, -0.15) is 0 Å². The number of carbonyl (C=O) groups excluding carboxylic acids is 1. The highest BCUT2D eigenvalue weighted by Crippen LogP contribution is 2.31. The Morgan fingerprint density at radius 1 is 1.22 bits per heavy atom. The van der Waals surface area contributed by atoms with Gasteiger partial charge in [0.25, 0.3) is 5.91 Å². The standard InChI is InChI=1S/C17H13FN2O3/c18-12-5-3-11(4-6-12)16-13-10-20(8-7-14(13)19-23-16)17(21)15-2-1-9-22-15/h1-6,9H,7-8,10H2. The number of aromatic nitrogens is 1. The van der Waals surface area contributed by atoms with Gasteiger partial charge in [0.05, 0.1) is 18.5 Å². The van der Waals surface area contributed by atoms with Gasteiger partial charge < -0.3 is 13.8 Å². The lowest BCUT2D eigenvalue weighted by molar-refractivity contribution is 0.0702. The van der Waals surface area contributed by atoms with E-state index in [1.807, 2.05) is 0 Å². The van der Waals surface area contributed by atoms with Gasteiger partial charge in [-0.3, -0.25) is 4.79 Å². The van der Waals surface area contributed by atoms with Crippen molar-refractivity contribution in [1.82, 2.24) is 10.1 Å². The molecule has 0 unspecified atom stereocenters. The third-order valence-corrected chi connectivity index (χ3v) is 3.96. The number of fused-ring (bicyclic) bond motifs is 1. The van der Waals surface area contributed by atoms with Crippen LogP contribution in [0.15, 0.2) is 51.6 Å². The van der Waals surface area contributed by atoms with Gasteiger partial charge in [0.1, 0.15) is 5.82 Å². The molecule has 5 nitrogen and oxygen atoms in total. The molecular formula is C17H13FN2O3. The molecule has 6 heteroatoms. The largest absolute Gasteiger partial charge is 0.459 e. The van der Waals surface area contributed by atoms with E-state index in [1.165, 1.54) is 18.4 Å². The maximum Gasteiger partial charge on any atom is 0.289 e. The smallest absolute Gasteiger partial charge is 0.289 e. The lowest BCUT2D eigenvalue weighted by Gasteiger charge is -2.25. The van der Waals surface area contributed by atoms with Crippen molar-refractivity contribution in [3.8, 4) is 11.3 Å². The molecule has 0 saturated heterocycles. The summed E-state index contributed by atoms with van der Waals surface area (Å²) in [6.45, 7) is 0.951. The quantitative estimate of drug-likeness (QED) is 0.728. The van der Waals surface area contributed by atoms with E-state index >= 15 is 0 Å². The van der Waals surface area contributed by atoms with Crippen molar-refractivity contribution in [1.29, 1.82) is 0 Å². The van der Waals surface area contributed by atoms with Crippen molar-refractivity contribution in [2.75, 3.05) is 6.54 Å². The fraction of sp³-hybridized carbons (Fsp3) is 0.176. The minimum atomic E-state index is -0.309. The van der Waals surface area contributed by atoms with Crippen LogP contribution in [0, 0.1) is 5.82 Å². The van der Waals surface area contributed by atoms with Crippen molar-refractivity contribution in [2.45, 2.75) is 13.0 Å². The molecule has 0 N–H and O–H groups in total. The first-order valence-corrected chi connectivity index (χ1v) is 7.28. The Hall–Kier alpha value is -2.89. The molecule has 2 aromatic heterocycles. The molecule has 0 bridgehead atoms. The van der Waals surface area contributed by atoms with Crippen LogP contribution in [0.25, 0.3) is 11.3 Å². The lowest BCUT2D eigenvalue weighted by atomic mass is 10.0. The SMILES string of the molecule is O=C(c1ccco1)N1CCc2noc(-c3ccc(F)cc3)c2C1. The molecule has 23 heavy (non-hydrogen) atoms. The zero-order chi connectivity index (χ0) is 15.8. The molecule has 0 fully saturated rings. The van der Waals surface area contributed by atoms with E-state index in [0.717, 1.165) is 16.8 Å². The molecule has 0 saturated carbocycles. The normalized spacial score (nSPS) is 13.9. The van der Waals surface area contributed by atoms with Gasteiger partial charge in [-0.1, -0.05) is 5.16 Å². The van der Waals surface area contributed by atoms with Crippen LogP contribution >= 0.6 is 0 Å². The molecule has 3 heterocycles. The summed E-state index contributed by atoms with van der Waals surface area (Å²) in [5, 5.41) is 4.08. The summed E-state index contributed by atoms with van der Waals surface area (Å²) in [6.07, 6.45) is 2.10. The first-order valence-electron chi connectivity index (χ1n) is 7.28. The topological polar surface area (TPSA) is 59.5 Å². The minimum Gasteiger partial charge on any atom is -0.459 e. The average Bonchev–Trinajstić information content (AvgIpc) is 3.24. The number of hydrogen-bond donors (Lipinski definition) is 0. The zero-order valence-electron chi connectivity index (χ0n) is 12.2. The molecule has 3 aromatic rings. The Morgan fingerprint density at radius 2 is 2.04 bits per heavy atom. The first kappa shape index (κ1) is 13.8. The van der Waals surface area contributed by atoms with Gasteiger partial charge >= 0.3 is 0 Å². The maximum atomic E-state index is 13.1. The van der Waals surface area contributed by atoms with Gasteiger partial charge in [-0.15, -0.1) is 0 Å². The van der Waals surface area contributed by atoms with Crippen LogP contribution < -0.4 is 0 Å². The Balaban J connectivity index is 1.65. The Morgan fingerprint density at radius 3 is 2.78 bits per heavy atom. The Bertz CT molecular complexity index is 837. The first-order chi connectivity index (χ1) is 11.2. The average molecular weight is 312 g/mol. The number of benzene rings is 1. The highest BCUT2D eigenvalue weighted by Gasteiger charge is 2.28. The fourth-order valence-electron chi connectivity index (χ4n) is 2.77. The van der Waals surface area contributed by atoms with Crippen molar-refractivity contribution < 1.29 is 18.1 Å². The summed E-state index contributed by atoms with van der Waals surface area (Å²) in [5.74, 6) is 0.425. The zero-order valence-corrected chi connectivity index (χ0v) is 12.2. The molecule has 0 radical (unpaired) electrons. The van der Waals surface area contributed by atoms with Crippen LogP contribution in [0.4, 0.5) is 4.39 Å². The Labute approximate surface area is 131 Å². The van der Waals surface area contributed by atoms with E-state index in [2.05, 4.69) is 5.16 Å². The number of hydrogen-bond acceptors (Lipinski definition) is 4. The monoisotopic (exact) mass is 312 g/mol. The van der Waals surface area contributed by atoms with Crippen LogP contribution in [0.3, 0.4) is 0 Å². The lowest BCUT2D eigenvalue weighted by Crippen LogP contribution is -2.35. The summed E-state index contributed by atoms with van der Waals surface area (Å²) in [6, 6.07) is 9.36. The molecule has 1 aromatic carbocycles. The molecule has 1 aliphatic heterocycles. The third kappa shape index (κ3) is 2.42. The van der Waals surface area contributed by atoms with E-state index in [1.54, 1.807) is 29.2 Å². The van der Waals surface area contributed by atoms with Crippen molar-refractivity contribution in [2.24, 2.45) is 0 Å². The molecule has 0 spiro atoms. The molecular weight excluding hydrogens is 299 g/mol. The molecule has 0 aliphatic carbocycles. The highest BCUT2D eigenvalue weighted by atomic mass is 19.1. The number of furan rings is 1. The van der Waals surface area contributed by atoms with Crippen LogP contribution in [0.5, 0.6) is 0 Å². The second-order valence-corrected chi connectivity index (χ2v) is 5.40. The molecule has 1 amide bonds. The van der Waals surface area contributed by atoms with Crippen molar-refractivity contribution >= 4 is 5.91 Å². The molecule has 1 aliphatic rings. The van der Waals surface area contributed by atoms with Crippen molar-refractivity contribution in [3.63, 3.8) is 0 Å². The van der Waals surface area contributed by atoms with E-state index < -0.39 is 0 Å². The summed E-state index contributed by atoms with van der Waals surface area (Å²) < 4.78 is 23.7. The minimum absolute atomic E-state index is 0.160. The maximum absolute atomic E-state index is 13.1. The van der Waals surface area contributed by atoms with Gasteiger partial charge in [-0.25, -0.2) is 4.39 Å². The van der Waals surface area contributed by atoms with Gasteiger partial charge in [0.2, 0.25) is 0 Å². The van der Waals surface area contributed by atoms with Gasteiger partial charge in [-0.05, 0) is 36.4 Å². The van der Waals surface area contributed by atoms with Crippen LogP contribution in [0.2, 0.25) is 0 Å². The molecule has 0 atom stereocenters. The van der Waals surface area contributed by atoms with Gasteiger partial charge in [0, 0.05) is 24.1 Å². The van der Waals surface area contributed by atoms with E-state index in [4.69, 9.17) is 8.94 Å². The second kappa shape index (κ2) is 5.39. The molecule has 4 rings (SSSR count). The van der Waals surface area contributed by atoms with Crippen LogP contribution in [-0.4, -0.2) is 22.5 Å². The summed E-state index contributed by atoms with van der Waals surface area (Å²) in [4.78, 5) is 14.1. The van der Waals surface area contributed by atoms with Gasteiger partial charge in [0.15, 0.2) is 11.5 Å². The summed E-state index contributed by atoms with van der Waals surface area (Å²) in [7, 11) is 0. The number of nitrogens with zero attached hydrogens (tertiary/aromatic N) is 2. The number of carbonyl (C=O) groups is 1. The summed E-state index contributed by atoms with van der Waals surface area (Å²) >= 11 is 0. The van der Waals surface area contributed by atoms with Crippen LogP contribution in [-0.2, 0) is 13.0 Å². The van der Waals surface area contributed by atoms with Crippen LogP contribution in [0.1, 0.15) is 21.8 Å². The fourth-order valence-corrected chi connectivity index (χ4v) is 2.77. The third-order valence-electron chi connectivity index (χ3n) is 3.96. The number of halogens is 1. The number of rotatable bonds is 2.